The zero-order valence-corrected chi connectivity index (χ0v) is 17.2. The summed E-state index contributed by atoms with van der Waals surface area (Å²) < 4.78 is 13.6. The second-order valence-electron chi connectivity index (χ2n) is 7.65. The Morgan fingerprint density at radius 1 is 1.07 bits per heavy atom. The van der Waals surface area contributed by atoms with Crippen molar-refractivity contribution >= 4 is 22.5 Å². The Morgan fingerprint density at radius 2 is 1.86 bits per heavy atom. The molecule has 1 aliphatic heterocycles. The van der Waals surface area contributed by atoms with Gasteiger partial charge < -0.3 is 9.47 Å². The number of halogens is 1. The lowest BCUT2D eigenvalue weighted by molar-refractivity contribution is 0.0319. The fourth-order valence-electron chi connectivity index (χ4n) is 4.18. The highest BCUT2D eigenvalue weighted by Gasteiger charge is 2.22. The first-order valence-electron chi connectivity index (χ1n) is 10.4. The van der Waals surface area contributed by atoms with E-state index in [1.165, 1.54) is 24.1 Å². The molecule has 0 saturated carbocycles. The molecule has 7 heteroatoms. The quantitative estimate of drug-likeness (QED) is 0.640. The molecule has 3 heterocycles. The smallest absolute Gasteiger partial charge is 0.226 e. The van der Waals surface area contributed by atoms with Crippen LogP contribution in [-0.2, 0) is 17.6 Å². The average Bonchev–Trinajstić information content (AvgIpc) is 3.14. The second-order valence-corrected chi connectivity index (χ2v) is 8.09. The number of ether oxygens (including phenoxy) is 2. The molecule has 1 fully saturated rings. The van der Waals surface area contributed by atoms with Gasteiger partial charge >= 0.3 is 0 Å². The first-order valence-corrected chi connectivity index (χ1v) is 10.8. The highest BCUT2D eigenvalue weighted by atomic mass is 35.5. The van der Waals surface area contributed by atoms with Gasteiger partial charge in [0.15, 0.2) is 0 Å². The number of aryl methyl sites for hydroxylation is 2. The zero-order chi connectivity index (χ0) is 19.6. The molecule has 2 aromatic heterocycles. The van der Waals surface area contributed by atoms with Crippen LogP contribution in [-0.4, -0.2) is 59.1 Å². The Balaban J connectivity index is 1.50. The number of rotatable bonds is 5. The molecule has 0 N–H and O–H groups in total. The normalized spacial score (nSPS) is 17.4. The highest BCUT2D eigenvalue weighted by Crippen LogP contribution is 2.34. The first kappa shape index (κ1) is 18.9. The molecule has 0 amide bonds. The van der Waals surface area contributed by atoms with E-state index in [0.29, 0.717) is 11.6 Å². The number of fused-ring (bicyclic) bond motifs is 3. The number of pyridine rings is 1. The number of benzene rings is 1. The largest absolute Gasteiger partial charge is 0.476 e. The van der Waals surface area contributed by atoms with Gasteiger partial charge in [0.2, 0.25) is 5.88 Å². The van der Waals surface area contributed by atoms with E-state index in [9.17, 15) is 0 Å². The van der Waals surface area contributed by atoms with Gasteiger partial charge in [-0.1, -0.05) is 11.6 Å². The van der Waals surface area contributed by atoms with Gasteiger partial charge in [0.1, 0.15) is 12.1 Å². The third-order valence-corrected chi connectivity index (χ3v) is 6.03. The SMILES string of the molecule is Clc1ccc(-n2nc3c4c(ncc3c2OCCN2CCOCC2)CCCC4)cc1. The summed E-state index contributed by atoms with van der Waals surface area (Å²) in [5.74, 6) is 0.761. The van der Waals surface area contributed by atoms with E-state index in [1.54, 1.807) is 0 Å². The monoisotopic (exact) mass is 412 g/mol. The molecule has 1 aliphatic carbocycles. The maximum atomic E-state index is 6.31. The van der Waals surface area contributed by atoms with E-state index in [1.807, 2.05) is 35.1 Å². The van der Waals surface area contributed by atoms with Crippen LogP contribution in [0, 0.1) is 0 Å². The second kappa shape index (κ2) is 8.30. The third kappa shape index (κ3) is 3.84. The van der Waals surface area contributed by atoms with Crippen molar-refractivity contribution in [2.24, 2.45) is 0 Å². The van der Waals surface area contributed by atoms with Crippen molar-refractivity contribution < 1.29 is 9.47 Å². The van der Waals surface area contributed by atoms with Crippen molar-refractivity contribution in [3.63, 3.8) is 0 Å². The number of hydrogen-bond donors (Lipinski definition) is 0. The highest BCUT2D eigenvalue weighted by molar-refractivity contribution is 6.30. The van der Waals surface area contributed by atoms with E-state index in [-0.39, 0.29) is 0 Å². The van der Waals surface area contributed by atoms with Gasteiger partial charge in [0.25, 0.3) is 0 Å². The molecular formula is C22H25ClN4O2. The van der Waals surface area contributed by atoms with E-state index >= 15 is 0 Å². The van der Waals surface area contributed by atoms with Crippen molar-refractivity contribution in [1.29, 1.82) is 0 Å². The molecular weight excluding hydrogens is 388 g/mol. The standard InChI is InChI=1S/C22H25ClN4O2/c23-16-5-7-17(8-6-16)27-22(29-14-11-26-9-12-28-13-10-26)19-15-24-20-4-2-1-3-18(20)21(19)25-27/h5-8,15H,1-4,9-14H2. The van der Waals surface area contributed by atoms with Crippen LogP contribution in [0.4, 0.5) is 0 Å². The number of nitrogens with zero attached hydrogens (tertiary/aromatic N) is 4. The van der Waals surface area contributed by atoms with Gasteiger partial charge in [-0.05, 0) is 49.9 Å². The van der Waals surface area contributed by atoms with E-state index in [0.717, 1.165) is 68.2 Å². The van der Waals surface area contributed by atoms with E-state index in [2.05, 4.69) is 4.90 Å². The van der Waals surface area contributed by atoms with Gasteiger partial charge in [-0.15, -0.1) is 0 Å². The van der Waals surface area contributed by atoms with Gasteiger partial charge in [0.05, 0.1) is 24.3 Å². The van der Waals surface area contributed by atoms with Crippen molar-refractivity contribution in [3.05, 3.63) is 46.7 Å². The van der Waals surface area contributed by atoms with Gasteiger partial charge in [-0.2, -0.15) is 9.78 Å². The maximum Gasteiger partial charge on any atom is 0.226 e. The summed E-state index contributed by atoms with van der Waals surface area (Å²) in [6.45, 7) is 4.97. The number of aromatic nitrogens is 3. The molecule has 6 nitrogen and oxygen atoms in total. The lowest BCUT2D eigenvalue weighted by Gasteiger charge is -2.26. The summed E-state index contributed by atoms with van der Waals surface area (Å²) in [6, 6.07) is 7.72. The summed E-state index contributed by atoms with van der Waals surface area (Å²) in [5.41, 5.74) is 4.42. The molecule has 5 rings (SSSR count). The Hall–Kier alpha value is -2.15. The summed E-state index contributed by atoms with van der Waals surface area (Å²) in [6.07, 6.45) is 6.39. The van der Waals surface area contributed by atoms with Crippen molar-refractivity contribution in [3.8, 4) is 11.6 Å². The van der Waals surface area contributed by atoms with Crippen molar-refractivity contribution in [2.45, 2.75) is 25.7 Å². The molecule has 0 atom stereocenters. The molecule has 29 heavy (non-hydrogen) atoms. The van der Waals surface area contributed by atoms with Gasteiger partial charge in [-0.3, -0.25) is 9.88 Å². The number of morpholine rings is 1. The fraction of sp³-hybridized carbons (Fsp3) is 0.455. The Morgan fingerprint density at radius 3 is 2.69 bits per heavy atom. The van der Waals surface area contributed by atoms with Crippen LogP contribution in [0.2, 0.25) is 5.02 Å². The van der Waals surface area contributed by atoms with Crippen LogP contribution in [0.1, 0.15) is 24.1 Å². The third-order valence-electron chi connectivity index (χ3n) is 5.77. The van der Waals surface area contributed by atoms with Crippen molar-refractivity contribution in [1.82, 2.24) is 19.7 Å². The first-order chi connectivity index (χ1) is 14.3. The molecule has 3 aromatic rings. The minimum absolute atomic E-state index is 0.603. The molecule has 0 unspecified atom stereocenters. The molecule has 1 saturated heterocycles. The fourth-order valence-corrected chi connectivity index (χ4v) is 4.30. The van der Waals surface area contributed by atoms with Crippen molar-refractivity contribution in [2.75, 3.05) is 39.5 Å². The summed E-state index contributed by atoms with van der Waals surface area (Å²) in [5, 5.41) is 6.66. The Kier molecular flexibility index (Phi) is 5.40. The summed E-state index contributed by atoms with van der Waals surface area (Å²) in [4.78, 5) is 7.12. The van der Waals surface area contributed by atoms with E-state index < -0.39 is 0 Å². The Labute approximate surface area is 175 Å². The number of hydrogen-bond acceptors (Lipinski definition) is 5. The minimum atomic E-state index is 0.603. The minimum Gasteiger partial charge on any atom is -0.476 e. The van der Waals surface area contributed by atoms with Crippen LogP contribution in [0.15, 0.2) is 30.5 Å². The van der Waals surface area contributed by atoms with Crippen LogP contribution in [0.25, 0.3) is 16.6 Å². The van der Waals surface area contributed by atoms with Gasteiger partial charge in [-0.25, -0.2) is 0 Å². The summed E-state index contributed by atoms with van der Waals surface area (Å²) >= 11 is 6.10. The topological polar surface area (TPSA) is 52.4 Å². The van der Waals surface area contributed by atoms with E-state index in [4.69, 9.17) is 31.2 Å². The molecule has 1 aromatic carbocycles. The Bertz CT molecular complexity index is 996. The molecule has 152 valence electrons. The van der Waals surface area contributed by atoms with Crippen LogP contribution in [0.3, 0.4) is 0 Å². The summed E-state index contributed by atoms with van der Waals surface area (Å²) in [7, 11) is 0. The molecule has 2 aliphatic rings. The molecule has 0 spiro atoms. The lowest BCUT2D eigenvalue weighted by atomic mass is 9.95. The molecule has 0 radical (unpaired) electrons. The van der Waals surface area contributed by atoms with Gasteiger partial charge in [0, 0.05) is 42.1 Å². The van der Waals surface area contributed by atoms with Crippen LogP contribution >= 0.6 is 11.6 Å². The molecule has 0 bridgehead atoms. The van der Waals surface area contributed by atoms with Crippen LogP contribution < -0.4 is 4.74 Å². The predicted octanol–water partition coefficient (Wildman–Crippen LogP) is 3.66. The zero-order valence-electron chi connectivity index (χ0n) is 16.4. The van der Waals surface area contributed by atoms with Crippen LogP contribution in [0.5, 0.6) is 5.88 Å². The predicted molar refractivity (Wildman–Crippen MR) is 113 cm³/mol. The average molecular weight is 413 g/mol. The maximum absolute atomic E-state index is 6.31. The lowest BCUT2D eigenvalue weighted by Crippen LogP contribution is -2.38.